The number of H-pyrrole nitrogens is 1. The van der Waals surface area contributed by atoms with E-state index in [4.69, 9.17) is 4.74 Å². The highest BCUT2D eigenvalue weighted by Crippen LogP contribution is 2.36. The van der Waals surface area contributed by atoms with Crippen molar-refractivity contribution >= 4 is 28.2 Å². The topological polar surface area (TPSA) is 130 Å². The third-order valence-electron chi connectivity index (χ3n) is 3.67. The zero-order valence-electron chi connectivity index (χ0n) is 13.7. The predicted octanol–water partition coefficient (Wildman–Crippen LogP) is 3.78. The Morgan fingerprint density at radius 3 is 2.81 bits per heavy atom. The number of hydrogen-bond donors (Lipinski definition) is 2. The second kappa shape index (κ2) is 7.01. The number of rotatable bonds is 5. The van der Waals surface area contributed by atoms with Gasteiger partial charge < -0.3 is 14.8 Å². The first-order valence-corrected chi connectivity index (χ1v) is 7.58. The number of carbonyl (C=O) groups excluding carboxylic acids is 1. The predicted molar refractivity (Wildman–Crippen MR) is 92.8 cm³/mol. The summed E-state index contributed by atoms with van der Waals surface area (Å²) in [5.41, 5.74) is 1.50. The smallest absolute Gasteiger partial charge is 0.310 e. The zero-order chi connectivity index (χ0) is 18.7. The minimum atomic E-state index is -0.746. The number of aromatic hydroxyl groups is 1. The second-order valence-corrected chi connectivity index (χ2v) is 5.43. The van der Waals surface area contributed by atoms with Gasteiger partial charge in [-0.3, -0.25) is 14.9 Å². The van der Waals surface area contributed by atoms with Gasteiger partial charge in [0.15, 0.2) is 18.0 Å². The molecule has 3 aromatic rings. The Hall–Kier alpha value is -3.75. The van der Waals surface area contributed by atoms with E-state index in [0.717, 1.165) is 5.56 Å². The highest BCUT2D eigenvalue weighted by molar-refractivity contribution is 5.96. The van der Waals surface area contributed by atoms with Crippen LogP contribution in [0.2, 0.25) is 0 Å². The molecule has 1 heterocycles. The largest absolute Gasteiger partial charge is 0.493 e. The number of ether oxygens (including phenoxy) is 1. The molecule has 0 aliphatic rings. The van der Waals surface area contributed by atoms with Crippen LogP contribution in [-0.4, -0.2) is 27.5 Å². The molecule has 3 rings (SSSR count). The molecule has 0 radical (unpaired) electrons. The van der Waals surface area contributed by atoms with Crippen molar-refractivity contribution in [2.24, 2.45) is 10.2 Å². The number of benzene rings is 2. The van der Waals surface area contributed by atoms with Crippen molar-refractivity contribution in [2.75, 3.05) is 6.61 Å². The molecule has 132 valence electrons. The number of para-hydroxylation sites is 3. The Balaban J connectivity index is 1.74. The number of azo groups is 1. The van der Waals surface area contributed by atoms with E-state index < -0.39 is 17.4 Å². The van der Waals surface area contributed by atoms with Gasteiger partial charge in [0.1, 0.15) is 0 Å². The fraction of sp³-hybridized carbons (Fsp3) is 0.118. The summed E-state index contributed by atoms with van der Waals surface area (Å²) in [6, 6.07) is 11.1. The van der Waals surface area contributed by atoms with Crippen LogP contribution in [0.15, 0.2) is 52.7 Å². The number of carbonyl (C=O) groups is 1. The third kappa shape index (κ3) is 3.36. The molecule has 0 atom stereocenters. The van der Waals surface area contributed by atoms with Gasteiger partial charge in [0.2, 0.25) is 5.88 Å². The monoisotopic (exact) mass is 354 g/mol. The first kappa shape index (κ1) is 17.1. The minimum absolute atomic E-state index is 0.0355. The lowest BCUT2D eigenvalue weighted by Crippen LogP contribution is -2.09. The van der Waals surface area contributed by atoms with E-state index >= 15 is 0 Å². The van der Waals surface area contributed by atoms with Crippen LogP contribution in [0.4, 0.5) is 11.4 Å². The van der Waals surface area contributed by atoms with Crippen LogP contribution >= 0.6 is 0 Å². The molecule has 9 heteroatoms. The highest BCUT2D eigenvalue weighted by atomic mass is 16.6. The Morgan fingerprint density at radius 1 is 1.27 bits per heavy atom. The minimum Gasteiger partial charge on any atom is -0.493 e. The first-order valence-electron chi connectivity index (χ1n) is 7.58. The van der Waals surface area contributed by atoms with Crippen LogP contribution < -0.4 is 4.74 Å². The maximum atomic E-state index is 11.9. The van der Waals surface area contributed by atoms with E-state index in [0.29, 0.717) is 10.9 Å². The van der Waals surface area contributed by atoms with Crippen LogP contribution in [-0.2, 0) is 4.79 Å². The average molecular weight is 354 g/mol. The van der Waals surface area contributed by atoms with Crippen molar-refractivity contribution in [3.8, 4) is 11.6 Å². The maximum Gasteiger partial charge on any atom is 0.310 e. The summed E-state index contributed by atoms with van der Waals surface area (Å²) in [5.74, 6) is -0.985. The van der Waals surface area contributed by atoms with E-state index in [1.165, 1.54) is 18.2 Å². The number of hydrogen-bond acceptors (Lipinski definition) is 6. The van der Waals surface area contributed by atoms with Crippen LogP contribution in [0.25, 0.3) is 10.9 Å². The molecule has 1 aromatic heterocycles. The molecule has 26 heavy (non-hydrogen) atoms. The molecule has 0 unspecified atom stereocenters. The normalized spacial score (nSPS) is 11.1. The number of nitro benzene ring substituents is 1. The summed E-state index contributed by atoms with van der Waals surface area (Å²) in [6.45, 7) is 1.35. The number of amides is 1. The number of nitro groups is 1. The molecular weight excluding hydrogens is 340 g/mol. The van der Waals surface area contributed by atoms with Gasteiger partial charge in [0, 0.05) is 11.5 Å². The molecule has 1 amide bonds. The van der Waals surface area contributed by atoms with Crippen LogP contribution in [0.1, 0.15) is 5.56 Å². The maximum absolute atomic E-state index is 11.9. The van der Waals surface area contributed by atoms with Crippen LogP contribution in [0.3, 0.4) is 0 Å². The number of aryl methyl sites for hydroxylation is 1. The summed E-state index contributed by atoms with van der Waals surface area (Å²) in [7, 11) is 0. The van der Waals surface area contributed by atoms with Gasteiger partial charge in [0.25, 0.3) is 0 Å². The Kier molecular flexibility index (Phi) is 4.61. The van der Waals surface area contributed by atoms with E-state index in [2.05, 4.69) is 15.2 Å². The van der Waals surface area contributed by atoms with Crippen molar-refractivity contribution in [1.82, 2.24) is 4.98 Å². The molecule has 2 N–H and O–H groups in total. The van der Waals surface area contributed by atoms with E-state index in [1.54, 1.807) is 18.2 Å². The molecule has 0 aliphatic heterocycles. The lowest BCUT2D eigenvalue weighted by Gasteiger charge is -2.03. The molecule has 0 spiro atoms. The highest BCUT2D eigenvalue weighted by Gasteiger charge is 2.15. The Labute approximate surface area is 147 Å². The van der Waals surface area contributed by atoms with Gasteiger partial charge in [-0.1, -0.05) is 30.3 Å². The summed E-state index contributed by atoms with van der Waals surface area (Å²) in [4.78, 5) is 24.9. The Bertz CT molecular complexity index is 1030. The van der Waals surface area contributed by atoms with Crippen molar-refractivity contribution < 1.29 is 19.6 Å². The van der Waals surface area contributed by atoms with E-state index in [9.17, 15) is 20.0 Å². The van der Waals surface area contributed by atoms with Crippen molar-refractivity contribution in [1.29, 1.82) is 0 Å². The fourth-order valence-corrected chi connectivity index (χ4v) is 2.44. The van der Waals surface area contributed by atoms with Gasteiger partial charge in [-0.2, -0.15) is 0 Å². The molecule has 0 bridgehead atoms. The fourth-order valence-electron chi connectivity index (χ4n) is 2.44. The van der Waals surface area contributed by atoms with Gasteiger partial charge in [-0.25, -0.2) is 0 Å². The van der Waals surface area contributed by atoms with Crippen molar-refractivity contribution in [3.05, 3.63) is 58.1 Å². The van der Waals surface area contributed by atoms with Gasteiger partial charge in [0.05, 0.1) is 10.4 Å². The molecule has 0 fully saturated rings. The lowest BCUT2D eigenvalue weighted by molar-refractivity contribution is -0.385. The van der Waals surface area contributed by atoms with Gasteiger partial charge in [-0.05, 0) is 18.6 Å². The first-order chi connectivity index (χ1) is 12.5. The second-order valence-electron chi connectivity index (χ2n) is 5.43. The SMILES string of the molecule is Cc1cccc2c(N=NC(=O)COc3ccccc3[N+](=O)[O-])c(O)[nH]c12. The summed E-state index contributed by atoms with van der Waals surface area (Å²) in [5, 5.41) is 28.8. The summed E-state index contributed by atoms with van der Waals surface area (Å²) in [6.07, 6.45) is 0. The Morgan fingerprint density at radius 2 is 2.04 bits per heavy atom. The standard InChI is InChI=1S/C17H14N4O5/c1-10-5-4-6-11-15(10)18-17(23)16(11)20-19-14(22)9-26-13-8-3-2-7-12(13)21(24)25/h2-8,18,23H,9H2,1H3. The van der Waals surface area contributed by atoms with Crippen LogP contribution in [0.5, 0.6) is 11.6 Å². The summed E-state index contributed by atoms with van der Waals surface area (Å²) < 4.78 is 5.15. The molecule has 0 saturated carbocycles. The molecule has 9 nitrogen and oxygen atoms in total. The van der Waals surface area contributed by atoms with Crippen molar-refractivity contribution in [3.63, 3.8) is 0 Å². The molecule has 2 aromatic carbocycles. The number of aromatic amines is 1. The number of fused-ring (bicyclic) bond motifs is 1. The van der Waals surface area contributed by atoms with E-state index in [1.807, 2.05) is 13.0 Å². The molecule has 0 saturated heterocycles. The number of nitrogens with one attached hydrogen (secondary N) is 1. The quantitative estimate of drug-likeness (QED) is 0.409. The lowest BCUT2D eigenvalue weighted by atomic mass is 10.1. The molecular formula is C17H14N4O5. The van der Waals surface area contributed by atoms with Gasteiger partial charge >= 0.3 is 11.6 Å². The third-order valence-corrected chi connectivity index (χ3v) is 3.67. The van der Waals surface area contributed by atoms with Crippen LogP contribution in [0, 0.1) is 17.0 Å². The zero-order valence-corrected chi connectivity index (χ0v) is 13.7. The average Bonchev–Trinajstić information content (AvgIpc) is 2.95. The van der Waals surface area contributed by atoms with E-state index in [-0.39, 0.29) is 23.0 Å². The number of nitrogens with zero attached hydrogens (tertiary/aromatic N) is 3. The van der Waals surface area contributed by atoms with Gasteiger partial charge in [-0.15, -0.1) is 10.2 Å². The molecule has 0 aliphatic carbocycles. The number of aromatic nitrogens is 1. The van der Waals surface area contributed by atoms with Crippen molar-refractivity contribution in [2.45, 2.75) is 6.92 Å². The summed E-state index contributed by atoms with van der Waals surface area (Å²) >= 11 is 0.